The molecule has 2 heterocycles. The van der Waals surface area contributed by atoms with Crippen LogP contribution in [-0.2, 0) is 17.3 Å². The molecular formula is C18H16F5N3O2. The number of esters is 1. The van der Waals surface area contributed by atoms with Crippen LogP contribution in [-0.4, -0.2) is 28.4 Å². The van der Waals surface area contributed by atoms with Gasteiger partial charge in [0.15, 0.2) is 5.69 Å². The van der Waals surface area contributed by atoms with Gasteiger partial charge < -0.3 is 4.74 Å². The number of carbonyl (C=O) groups is 1. The Labute approximate surface area is 156 Å². The monoisotopic (exact) mass is 401 g/mol. The second-order valence-corrected chi connectivity index (χ2v) is 6.83. The Morgan fingerprint density at radius 2 is 2.00 bits per heavy atom. The van der Waals surface area contributed by atoms with Crippen molar-refractivity contribution in [3.05, 3.63) is 34.8 Å². The van der Waals surface area contributed by atoms with Crippen molar-refractivity contribution in [2.75, 3.05) is 7.11 Å². The predicted molar refractivity (Wildman–Crippen MR) is 86.9 cm³/mol. The average Bonchev–Trinajstić information content (AvgIpc) is 3.00. The van der Waals surface area contributed by atoms with E-state index in [1.165, 1.54) is 0 Å². The van der Waals surface area contributed by atoms with E-state index in [-0.39, 0.29) is 60.6 Å². The standard InChI is InChI=1S/C18H16F5N3O2/c1-28-16(27)11-7-12(9-24)26-13(6-10-2-4-17(19,20)5-3-10)15(18(21,22)23)25-14(26)8-11/h7-8,10H,2-6H2,1H3. The highest BCUT2D eigenvalue weighted by molar-refractivity contribution is 5.90. The first-order valence-electron chi connectivity index (χ1n) is 8.54. The summed E-state index contributed by atoms with van der Waals surface area (Å²) in [6, 6.07) is 4.01. The van der Waals surface area contributed by atoms with Gasteiger partial charge in [-0.15, -0.1) is 0 Å². The van der Waals surface area contributed by atoms with Crippen molar-refractivity contribution in [1.29, 1.82) is 5.26 Å². The number of methoxy groups -OCH3 is 1. The molecule has 150 valence electrons. The van der Waals surface area contributed by atoms with E-state index in [1.807, 2.05) is 0 Å². The average molecular weight is 401 g/mol. The maximum absolute atomic E-state index is 13.6. The van der Waals surface area contributed by atoms with Crippen LogP contribution in [0.15, 0.2) is 12.1 Å². The second kappa shape index (κ2) is 7.04. The Kier molecular flexibility index (Phi) is 5.04. The van der Waals surface area contributed by atoms with Crippen LogP contribution in [0.25, 0.3) is 5.65 Å². The van der Waals surface area contributed by atoms with E-state index in [4.69, 9.17) is 0 Å². The molecule has 0 amide bonds. The van der Waals surface area contributed by atoms with Crippen LogP contribution in [0.2, 0.25) is 0 Å². The number of pyridine rings is 1. The molecule has 0 bridgehead atoms. The molecule has 0 saturated heterocycles. The number of nitriles is 1. The Bertz CT molecular complexity index is 949. The van der Waals surface area contributed by atoms with Gasteiger partial charge in [0.25, 0.3) is 0 Å². The molecule has 0 radical (unpaired) electrons. The number of hydrogen-bond acceptors (Lipinski definition) is 4. The molecule has 2 aromatic rings. The van der Waals surface area contributed by atoms with Gasteiger partial charge in [0.2, 0.25) is 5.92 Å². The third-order valence-electron chi connectivity index (χ3n) is 4.94. The highest BCUT2D eigenvalue weighted by atomic mass is 19.4. The predicted octanol–water partition coefficient (Wildman–Crippen LogP) is 4.38. The highest BCUT2D eigenvalue weighted by Crippen LogP contribution is 2.40. The van der Waals surface area contributed by atoms with Gasteiger partial charge in [-0.1, -0.05) is 0 Å². The normalized spacial score (nSPS) is 17.5. The minimum Gasteiger partial charge on any atom is -0.465 e. The number of rotatable bonds is 3. The third-order valence-corrected chi connectivity index (χ3v) is 4.94. The Hall–Kier alpha value is -2.70. The van der Waals surface area contributed by atoms with Crippen LogP contribution in [0.3, 0.4) is 0 Å². The first-order chi connectivity index (χ1) is 13.1. The summed E-state index contributed by atoms with van der Waals surface area (Å²) >= 11 is 0. The van der Waals surface area contributed by atoms with Gasteiger partial charge in [0, 0.05) is 12.8 Å². The maximum atomic E-state index is 13.6. The van der Waals surface area contributed by atoms with E-state index in [9.17, 15) is 32.0 Å². The number of aromatic nitrogens is 2. The molecule has 3 rings (SSSR count). The van der Waals surface area contributed by atoms with Gasteiger partial charge in [0.05, 0.1) is 18.4 Å². The zero-order valence-corrected chi connectivity index (χ0v) is 14.8. The number of carbonyl (C=O) groups excluding carboxylic acids is 1. The molecule has 0 aromatic carbocycles. The summed E-state index contributed by atoms with van der Waals surface area (Å²) in [7, 11) is 1.11. The first-order valence-corrected chi connectivity index (χ1v) is 8.54. The van der Waals surface area contributed by atoms with Crippen molar-refractivity contribution in [2.24, 2.45) is 5.92 Å². The van der Waals surface area contributed by atoms with Crippen molar-refractivity contribution >= 4 is 11.6 Å². The van der Waals surface area contributed by atoms with Gasteiger partial charge in [-0.2, -0.15) is 18.4 Å². The van der Waals surface area contributed by atoms with E-state index in [0.29, 0.717) is 0 Å². The largest absolute Gasteiger partial charge is 0.465 e. The van der Waals surface area contributed by atoms with Gasteiger partial charge >= 0.3 is 12.1 Å². The summed E-state index contributed by atoms with van der Waals surface area (Å²) in [6.45, 7) is 0. The number of ether oxygens (including phenoxy) is 1. The maximum Gasteiger partial charge on any atom is 0.435 e. The molecular weight excluding hydrogens is 385 g/mol. The van der Waals surface area contributed by atoms with E-state index < -0.39 is 23.8 Å². The third kappa shape index (κ3) is 3.79. The summed E-state index contributed by atoms with van der Waals surface area (Å²) in [4.78, 5) is 15.3. The highest BCUT2D eigenvalue weighted by Gasteiger charge is 2.40. The molecule has 2 aromatic heterocycles. The minimum absolute atomic E-state index is 0.0830. The van der Waals surface area contributed by atoms with Crippen LogP contribution in [0.4, 0.5) is 22.0 Å². The molecule has 0 atom stereocenters. The lowest BCUT2D eigenvalue weighted by Crippen LogP contribution is -2.26. The van der Waals surface area contributed by atoms with Gasteiger partial charge in [-0.05, 0) is 37.3 Å². The van der Waals surface area contributed by atoms with Crippen LogP contribution in [0.5, 0.6) is 0 Å². The fourth-order valence-corrected chi connectivity index (χ4v) is 3.54. The Morgan fingerprint density at radius 1 is 1.36 bits per heavy atom. The molecule has 10 heteroatoms. The molecule has 0 aliphatic heterocycles. The molecule has 1 fully saturated rings. The van der Waals surface area contributed by atoms with Gasteiger partial charge in [-0.3, -0.25) is 4.40 Å². The van der Waals surface area contributed by atoms with Crippen molar-refractivity contribution in [1.82, 2.24) is 9.38 Å². The van der Waals surface area contributed by atoms with Crippen LogP contribution in [0.1, 0.15) is 53.1 Å². The molecule has 5 nitrogen and oxygen atoms in total. The summed E-state index contributed by atoms with van der Waals surface area (Å²) < 4.78 is 73.0. The summed E-state index contributed by atoms with van der Waals surface area (Å²) in [5.74, 6) is -3.99. The van der Waals surface area contributed by atoms with E-state index in [1.54, 1.807) is 6.07 Å². The number of fused-ring (bicyclic) bond motifs is 1. The van der Waals surface area contributed by atoms with Crippen molar-refractivity contribution in [2.45, 2.75) is 44.2 Å². The smallest absolute Gasteiger partial charge is 0.435 e. The van der Waals surface area contributed by atoms with Crippen molar-refractivity contribution in [3.8, 4) is 6.07 Å². The summed E-state index contributed by atoms with van der Waals surface area (Å²) in [5.41, 5.74) is -1.97. The SMILES string of the molecule is COC(=O)c1cc(C#N)n2c(CC3CCC(F)(F)CC3)c(C(F)(F)F)nc2c1. The van der Waals surface area contributed by atoms with Gasteiger partial charge in [0.1, 0.15) is 17.4 Å². The topological polar surface area (TPSA) is 67.4 Å². The van der Waals surface area contributed by atoms with Crippen molar-refractivity contribution in [3.63, 3.8) is 0 Å². The fraction of sp³-hybridized carbons (Fsp3) is 0.500. The van der Waals surface area contributed by atoms with E-state index >= 15 is 0 Å². The zero-order chi connectivity index (χ0) is 20.7. The second-order valence-electron chi connectivity index (χ2n) is 6.83. The molecule has 0 spiro atoms. The minimum atomic E-state index is -4.79. The summed E-state index contributed by atoms with van der Waals surface area (Å²) in [5, 5.41) is 9.39. The van der Waals surface area contributed by atoms with Crippen molar-refractivity contribution < 1.29 is 31.5 Å². The lowest BCUT2D eigenvalue weighted by atomic mass is 9.83. The Morgan fingerprint density at radius 3 is 2.54 bits per heavy atom. The van der Waals surface area contributed by atoms with Crippen LogP contribution >= 0.6 is 0 Å². The first kappa shape index (κ1) is 20.0. The van der Waals surface area contributed by atoms with Crippen LogP contribution in [0, 0.1) is 17.2 Å². The van der Waals surface area contributed by atoms with E-state index in [0.717, 1.165) is 23.6 Å². The number of nitrogens with zero attached hydrogens (tertiary/aromatic N) is 3. The fourth-order valence-electron chi connectivity index (χ4n) is 3.54. The number of alkyl halides is 5. The number of imidazole rings is 1. The quantitative estimate of drug-likeness (QED) is 0.566. The molecule has 1 aliphatic rings. The molecule has 0 N–H and O–H groups in total. The Balaban J connectivity index is 2.11. The lowest BCUT2D eigenvalue weighted by molar-refractivity contribution is -0.141. The molecule has 28 heavy (non-hydrogen) atoms. The van der Waals surface area contributed by atoms with Crippen LogP contribution < -0.4 is 0 Å². The number of halogens is 5. The summed E-state index contributed by atoms with van der Waals surface area (Å²) in [6.07, 6.45) is -5.53. The molecule has 1 aliphatic carbocycles. The molecule has 0 unspecified atom stereocenters. The van der Waals surface area contributed by atoms with E-state index in [2.05, 4.69) is 9.72 Å². The lowest BCUT2D eigenvalue weighted by Gasteiger charge is -2.28. The zero-order valence-electron chi connectivity index (χ0n) is 14.8. The molecule has 1 saturated carbocycles. The number of hydrogen-bond donors (Lipinski definition) is 0. The van der Waals surface area contributed by atoms with Gasteiger partial charge in [-0.25, -0.2) is 18.6 Å².